The molecule has 112 valence electrons. The lowest BCUT2D eigenvalue weighted by molar-refractivity contribution is 0.464. The van der Waals surface area contributed by atoms with Gasteiger partial charge in [0, 0.05) is 26.3 Å². The highest BCUT2D eigenvalue weighted by Gasteiger charge is 2.22. The van der Waals surface area contributed by atoms with E-state index in [0.29, 0.717) is 13.1 Å². The maximum atomic E-state index is 12.5. The fraction of sp³-hybridized carbons (Fsp3) is 0.267. The van der Waals surface area contributed by atoms with E-state index in [1.165, 1.54) is 4.31 Å². The van der Waals surface area contributed by atoms with Crippen molar-refractivity contribution in [1.82, 2.24) is 14.6 Å². The average Bonchev–Trinajstić information content (AvgIpc) is 2.49. The molecule has 0 unspecified atom stereocenters. The zero-order valence-corrected chi connectivity index (χ0v) is 13.0. The standard InChI is InChI=1S/C15H19N3O2S/c1-16-10-14-8-9-15(17-11-14)21(19,20)18(2)12-13-6-4-3-5-7-13/h3-9,11,16H,10,12H2,1-2H3. The average molecular weight is 305 g/mol. The van der Waals surface area contributed by atoms with Gasteiger partial charge in [0.15, 0.2) is 5.03 Å². The Morgan fingerprint density at radius 3 is 2.38 bits per heavy atom. The van der Waals surface area contributed by atoms with Crippen LogP contribution in [0.5, 0.6) is 0 Å². The summed E-state index contributed by atoms with van der Waals surface area (Å²) in [7, 11) is -0.174. The molecule has 0 aliphatic heterocycles. The van der Waals surface area contributed by atoms with Gasteiger partial charge in [-0.05, 0) is 24.2 Å². The fourth-order valence-electron chi connectivity index (χ4n) is 1.96. The van der Waals surface area contributed by atoms with E-state index < -0.39 is 10.0 Å². The third-order valence-corrected chi connectivity index (χ3v) is 4.82. The van der Waals surface area contributed by atoms with Crippen LogP contribution in [0.3, 0.4) is 0 Å². The molecule has 21 heavy (non-hydrogen) atoms. The summed E-state index contributed by atoms with van der Waals surface area (Å²) in [5.74, 6) is 0. The van der Waals surface area contributed by atoms with Crippen molar-refractivity contribution in [2.24, 2.45) is 0 Å². The van der Waals surface area contributed by atoms with Gasteiger partial charge in [0.05, 0.1) is 0 Å². The molecule has 0 saturated heterocycles. The van der Waals surface area contributed by atoms with E-state index in [1.54, 1.807) is 25.4 Å². The van der Waals surface area contributed by atoms with Crippen LogP contribution in [0, 0.1) is 0 Å². The number of nitrogens with one attached hydrogen (secondary N) is 1. The minimum absolute atomic E-state index is 0.0702. The molecule has 2 rings (SSSR count). The lowest BCUT2D eigenvalue weighted by Gasteiger charge is -2.16. The maximum Gasteiger partial charge on any atom is 0.260 e. The van der Waals surface area contributed by atoms with E-state index >= 15 is 0 Å². The smallest absolute Gasteiger partial charge is 0.260 e. The SMILES string of the molecule is CNCc1ccc(S(=O)(=O)N(C)Cc2ccccc2)nc1. The van der Waals surface area contributed by atoms with Crippen LogP contribution in [0.4, 0.5) is 0 Å². The minimum atomic E-state index is -3.57. The molecule has 0 spiro atoms. The zero-order chi connectivity index (χ0) is 15.3. The van der Waals surface area contributed by atoms with Gasteiger partial charge in [0.2, 0.25) is 0 Å². The van der Waals surface area contributed by atoms with Crippen molar-refractivity contribution in [2.45, 2.75) is 18.1 Å². The van der Waals surface area contributed by atoms with E-state index in [1.807, 2.05) is 37.4 Å². The summed E-state index contributed by atoms with van der Waals surface area (Å²) in [5.41, 5.74) is 1.89. The Kier molecular flexibility index (Phi) is 5.06. The van der Waals surface area contributed by atoms with E-state index in [-0.39, 0.29) is 5.03 Å². The van der Waals surface area contributed by atoms with Crippen molar-refractivity contribution in [1.29, 1.82) is 0 Å². The fourth-order valence-corrected chi connectivity index (χ4v) is 3.02. The first-order valence-corrected chi connectivity index (χ1v) is 8.08. The van der Waals surface area contributed by atoms with E-state index in [0.717, 1.165) is 11.1 Å². The quantitative estimate of drug-likeness (QED) is 0.881. The molecule has 0 atom stereocenters. The zero-order valence-electron chi connectivity index (χ0n) is 12.2. The van der Waals surface area contributed by atoms with Crippen molar-refractivity contribution in [2.75, 3.05) is 14.1 Å². The molecule has 1 heterocycles. The Bertz CT molecular complexity index is 670. The van der Waals surface area contributed by atoms with Crippen LogP contribution in [-0.4, -0.2) is 31.8 Å². The van der Waals surface area contributed by atoms with Crippen LogP contribution >= 0.6 is 0 Å². The molecule has 1 aromatic carbocycles. The highest BCUT2D eigenvalue weighted by atomic mass is 32.2. The summed E-state index contributed by atoms with van der Waals surface area (Å²) in [6.07, 6.45) is 1.58. The molecule has 0 amide bonds. The van der Waals surface area contributed by atoms with E-state index in [4.69, 9.17) is 0 Å². The molecule has 2 aromatic rings. The first kappa shape index (κ1) is 15.6. The third-order valence-electron chi connectivity index (χ3n) is 3.10. The van der Waals surface area contributed by atoms with Crippen LogP contribution in [0.25, 0.3) is 0 Å². The van der Waals surface area contributed by atoms with Crippen LogP contribution in [0.2, 0.25) is 0 Å². The molecule has 0 bridgehead atoms. The van der Waals surface area contributed by atoms with Gasteiger partial charge in [0.25, 0.3) is 10.0 Å². The molecule has 1 aromatic heterocycles. The summed E-state index contributed by atoms with van der Waals surface area (Å²) >= 11 is 0. The number of pyridine rings is 1. The highest BCUT2D eigenvalue weighted by Crippen LogP contribution is 2.15. The van der Waals surface area contributed by atoms with Gasteiger partial charge >= 0.3 is 0 Å². The van der Waals surface area contributed by atoms with Crippen molar-refractivity contribution in [3.63, 3.8) is 0 Å². The largest absolute Gasteiger partial charge is 0.316 e. The molecular formula is C15H19N3O2S. The number of aromatic nitrogens is 1. The number of hydrogen-bond donors (Lipinski definition) is 1. The number of sulfonamides is 1. The number of nitrogens with zero attached hydrogens (tertiary/aromatic N) is 2. The van der Waals surface area contributed by atoms with Gasteiger partial charge in [-0.1, -0.05) is 36.4 Å². The first-order valence-electron chi connectivity index (χ1n) is 6.64. The summed E-state index contributed by atoms with van der Waals surface area (Å²) < 4.78 is 26.2. The van der Waals surface area contributed by atoms with Gasteiger partial charge in [-0.25, -0.2) is 13.4 Å². The molecule has 6 heteroatoms. The molecule has 5 nitrogen and oxygen atoms in total. The Labute approximate surface area is 125 Å². The van der Waals surface area contributed by atoms with Crippen LogP contribution in [0.1, 0.15) is 11.1 Å². The Morgan fingerprint density at radius 2 is 1.81 bits per heavy atom. The van der Waals surface area contributed by atoms with Crippen LogP contribution in [0.15, 0.2) is 53.7 Å². The van der Waals surface area contributed by atoms with E-state index in [9.17, 15) is 8.42 Å². The van der Waals surface area contributed by atoms with Crippen molar-refractivity contribution >= 4 is 10.0 Å². The summed E-state index contributed by atoms with van der Waals surface area (Å²) in [6, 6.07) is 12.8. The maximum absolute atomic E-state index is 12.5. The highest BCUT2D eigenvalue weighted by molar-refractivity contribution is 7.89. The number of hydrogen-bond acceptors (Lipinski definition) is 4. The summed E-state index contributed by atoms with van der Waals surface area (Å²) in [5, 5.41) is 3.07. The van der Waals surface area contributed by atoms with Gasteiger partial charge in [-0.15, -0.1) is 0 Å². The monoisotopic (exact) mass is 305 g/mol. The van der Waals surface area contributed by atoms with Crippen LogP contribution in [-0.2, 0) is 23.1 Å². The van der Waals surface area contributed by atoms with Gasteiger partial charge in [0.1, 0.15) is 0 Å². The third kappa shape index (κ3) is 3.87. The number of rotatable bonds is 6. The van der Waals surface area contributed by atoms with E-state index in [2.05, 4.69) is 10.3 Å². The Morgan fingerprint density at radius 1 is 1.10 bits per heavy atom. The van der Waals surface area contributed by atoms with Gasteiger partial charge < -0.3 is 5.32 Å². The second-order valence-corrected chi connectivity index (χ2v) is 6.77. The Hall–Kier alpha value is -1.76. The topological polar surface area (TPSA) is 62.3 Å². The van der Waals surface area contributed by atoms with Crippen molar-refractivity contribution in [3.05, 3.63) is 59.8 Å². The molecule has 0 aliphatic carbocycles. The molecule has 0 aliphatic rings. The Balaban J connectivity index is 2.16. The molecule has 0 radical (unpaired) electrons. The lowest BCUT2D eigenvalue weighted by atomic mass is 10.2. The summed E-state index contributed by atoms with van der Waals surface area (Å²) in [4.78, 5) is 4.06. The predicted octanol–water partition coefficient (Wildman–Crippen LogP) is 1.62. The molecular weight excluding hydrogens is 286 g/mol. The number of benzene rings is 1. The first-order chi connectivity index (χ1) is 10.0. The van der Waals surface area contributed by atoms with Crippen molar-refractivity contribution in [3.8, 4) is 0 Å². The molecule has 0 saturated carbocycles. The predicted molar refractivity (Wildman–Crippen MR) is 82.1 cm³/mol. The second-order valence-electron chi connectivity index (χ2n) is 4.78. The molecule has 0 fully saturated rings. The van der Waals surface area contributed by atoms with Gasteiger partial charge in [-0.3, -0.25) is 0 Å². The minimum Gasteiger partial charge on any atom is -0.316 e. The van der Waals surface area contributed by atoms with Crippen LogP contribution < -0.4 is 5.32 Å². The van der Waals surface area contributed by atoms with Gasteiger partial charge in [-0.2, -0.15) is 4.31 Å². The normalized spacial score (nSPS) is 11.8. The van der Waals surface area contributed by atoms with Crippen molar-refractivity contribution < 1.29 is 8.42 Å². The summed E-state index contributed by atoms with van der Waals surface area (Å²) in [6.45, 7) is 0.982. The lowest BCUT2D eigenvalue weighted by Crippen LogP contribution is -2.27. The molecule has 1 N–H and O–H groups in total. The second kappa shape index (κ2) is 6.80.